The highest BCUT2D eigenvalue weighted by molar-refractivity contribution is 7.80. The predicted molar refractivity (Wildman–Crippen MR) is 138 cm³/mol. The molecule has 0 spiro atoms. The van der Waals surface area contributed by atoms with Crippen LogP contribution >= 0.6 is 23.8 Å². The van der Waals surface area contributed by atoms with Crippen molar-refractivity contribution in [2.75, 3.05) is 34.3 Å². The third-order valence-electron chi connectivity index (χ3n) is 6.16. The summed E-state index contributed by atoms with van der Waals surface area (Å²) in [5.41, 5.74) is 5.33. The molecular weight excluding hydrogens is 454 g/mol. The minimum atomic E-state index is -0.0453. The number of aromatic nitrogens is 2. The molecule has 6 nitrogen and oxygen atoms in total. The molecule has 0 amide bonds. The molecule has 0 radical (unpaired) electrons. The van der Waals surface area contributed by atoms with E-state index < -0.39 is 0 Å². The Kier molecular flexibility index (Phi) is 6.93. The number of ether oxygens (including phenoxy) is 1. The van der Waals surface area contributed by atoms with Gasteiger partial charge in [0.15, 0.2) is 5.11 Å². The first-order chi connectivity index (χ1) is 15.8. The fraction of sp³-hybridized carbons (Fsp3) is 0.360. The number of halogens is 1. The summed E-state index contributed by atoms with van der Waals surface area (Å²) in [5.74, 6) is 0.776. The minimum absolute atomic E-state index is 0.0116. The molecule has 2 atom stereocenters. The van der Waals surface area contributed by atoms with Gasteiger partial charge in [0.1, 0.15) is 5.75 Å². The maximum Gasteiger partial charge on any atom is 0.170 e. The molecule has 0 bridgehead atoms. The third-order valence-corrected chi connectivity index (χ3v) is 6.74. The number of methoxy groups -OCH3 is 1. The Hall–Kier alpha value is -2.61. The molecule has 1 saturated heterocycles. The molecule has 1 fully saturated rings. The molecule has 1 N–H and O–H groups in total. The number of thiocarbonyl (C=S) groups is 1. The first kappa shape index (κ1) is 23.5. The van der Waals surface area contributed by atoms with E-state index >= 15 is 0 Å². The van der Waals surface area contributed by atoms with Gasteiger partial charge in [-0.2, -0.15) is 0 Å². The normalized spacial score (nSPS) is 18.2. The van der Waals surface area contributed by atoms with Gasteiger partial charge < -0.3 is 24.4 Å². The second-order valence-corrected chi connectivity index (χ2v) is 9.42. The largest absolute Gasteiger partial charge is 0.495 e. The quantitative estimate of drug-likeness (QED) is 0.492. The average molecular weight is 484 g/mol. The zero-order valence-corrected chi connectivity index (χ0v) is 21.2. The van der Waals surface area contributed by atoms with Crippen LogP contribution in [-0.4, -0.2) is 58.8 Å². The molecule has 2 aromatic heterocycles. The van der Waals surface area contributed by atoms with Crippen molar-refractivity contribution in [1.82, 2.24) is 24.7 Å². The Bertz CT molecular complexity index is 1150. The minimum Gasteiger partial charge on any atom is -0.495 e. The maximum absolute atomic E-state index is 6.36. The molecule has 1 aromatic carbocycles. The predicted octanol–water partition coefficient (Wildman–Crippen LogP) is 4.69. The van der Waals surface area contributed by atoms with E-state index in [1.54, 1.807) is 7.11 Å². The zero-order chi connectivity index (χ0) is 23.7. The summed E-state index contributed by atoms with van der Waals surface area (Å²) in [6, 6.07) is 13.9. The summed E-state index contributed by atoms with van der Waals surface area (Å²) in [7, 11) is 5.84. The summed E-state index contributed by atoms with van der Waals surface area (Å²) >= 11 is 12.2. The van der Waals surface area contributed by atoms with E-state index in [1.165, 1.54) is 5.56 Å². The number of likely N-dealkylation sites (N-methyl/N-ethyl adjacent to an activating group) is 1. The number of benzene rings is 1. The molecule has 33 heavy (non-hydrogen) atoms. The molecule has 3 heterocycles. The number of pyridine rings is 1. The first-order valence-corrected chi connectivity index (χ1v) is 11.8. The summed E-state index contributed by atoms with van der Waals surface area (Å²) in [5, 5.41) is 4.96. The molecule has 1 aliphatic heterocycles. The van der Waals surface area contributed by atoms with E-state index in [0.29, 0.717) is 5.02 Å². The van der Waals surface area contributed by atoms with E-state index in [-0.39, 0.29) is 12.1 Å². The van der Waals surface area contributed by atoms with Crippen LogP contribution in [0.1, 0.15) is 34.7 Å². The highest BCUT2D eigenvalue weighted by Gasteiger charge is 2.41. The van der Waals surface area contributed by atoms with Crippen LogP contribution in [0.3, 0.4) is 0 Å². The van der Waals surface area contributed by atoms with Crippen molar-refractivity contribution in [1.29, 1.82) is 0 Å². The van der Waals surface area contributed by atoms with Crippen molar-refractivity contribution in [2.45, 2.75) is 25.9 Å². The van der Waals surface area contributed by atoms with Gasteiger partial charge in [0.05, 0.1) is 30.6 Å². The molecule has 174 valence electrons. The third kappa shape index (κ3) is 4.58. The average Bonchev–Trinajstić information content (AvgIpc) is 3.27. The Labute approximate surface area is 206 Å². The van der Waals surface area contributed by atoms with Gasteiger partial charge in [-0.05, 0) is 82.1 Å². The lowest BCUT2D eigenvalue weighted by molar-refractivity contribution is 0.277. The van der Waals surface area contributed by atoms with E-state index in [0.717, 1.165) is 46.7 Å². The maximum atomic E-state index is 6.36. The Balaban J connectivity index is 1.84. The Morgan fingerprint density at radius 2 is 1.97 bits per heavy atom. The summed E-state index contributed by atoms with van der Waals surface area (Å²) in [6.45, 7) is 5.96. The smallest absolute Gasteiger partial charge is 0.170 e. The lowest BCUT2D eigenvalue weighted by Gasteiger charge is -2.29. The van der Waals surface area contributed by atoms with E-state index in [4.69, 9.17) is 28.6 Å². The SMILES string of the molecule is COc1ccc(Cl)cc1-n1c(C)cc([C@@H]2[C@@H](c3ccccn3)NC(=S)N2CCN(C)C)c1C. The molecule has 1 aliphatic rings. The molecule has 0 unspecified atom stereocenters. The number of nitrogens with zero attached hydrogens (tertiary/aromatic N) is 4. The second-order valence-electron chi connectivity index (χ2n) is 8.60. The van der Waals surface area contributed by atoms with Crippen LogP contribution < -0.4 is 10.1 Å². The highest BCUT2D eigenvalue weighted by atomic mass is 35.5. The van der Waals surface area contributed by atoms with Crippen LogP contribution in [0.2, 0.25) is 5.02 Å². The van der Waals surface area contributed by atoms with Gasteiger partial charge in [-0.25, -0.2) is 0 Å². The number of hydrogen-bond donors (Lipinski definition) is 1. The van der Waals surface area contributed by atoms with Crippen molar-refractivity contribution >= 4 is 28.9 Å². The van der Waals surface area contributed by atoms with Gasteiger partial charge >= 0.3 is 0 Å². The van der Waals surface area contributed by atoms with Crippen LogP contribution in [0.4, 0.5) is 0 Å². The van der Waals surface area contributed by atoms with Gasteiger partial charge in [-0.1, -0.05) is 17.7 Å². The Morgan fingerprint density at radius 1 is 1.18 bits per heavy atom. The lowest BCUT2D eigenvalue weighted by atomic mass is 9.96. The highest BCUT2D eigenvalue weighted by Crippen LogP contribution is 2.42. The summed E-state index contributed by atoms with van der Waals surface area (Å²) in [6.07, 6.45) is 1.83. The van der Waals surface area contributed by atoms with Gasteiger partial charge in [-0.15, -0.1) is 0 Å². The Morgan fingerprint density at radius 3 is 2.64 bits per heavy atom. The van der Waals surface area contributed by atoms with E-state index in [2.05, 4.69) is 64.7 Å². The molecule has 3 aromatic rings. The molecule has 0 saturated carbocycles. The van der Waals surface area contributed by atoms with Gasteiger partial charge in [0.25, 0.3) is 0 Å². The van der Waals surface area contributed by atoms with E-state index in [1.807, 2.05) is 36.5 Å². The molecule has 4 rings (SSSR count). The second kappa shape index (κ2) is 9.71. The van der Waals surface area contributed by atoms with Crippen molar-refractivity contribution in [2.24, 2.45) is 0 Å². The molecule has 0 aliphatic carbocycles. The molecule has 8 heteroatoms. The number of aryl methyl sites for hydroxylation is 1. The summed E-state index contributed by atoms with van der Waals surface area (Å²) in [4.78, 5) is 9.12. The fourth-order valence-corrected chi connectivity index (χ4v) is 5.09. The van der Waals surface area contributed by atoms with Gasteiger partial charge in [0.2, 0.25) is 0 Å². The van der Waals surface area contributed by atoms with Crippen LogP contribution in [0, 0.1) is 13.8 Å². The standard InChI is InChI=1S/C25H30ClN5OS/c1-16-14-19(17(2)31(16)21-15-18(26)9-10-22(21)32-5)24-23(20-8-6-7-11-27-20)28-25(33)30(24)13-12-29(3)4/h6-11,14-15,23-24H,12-13H2,1-5H3,(H,28,33)/t23-,24-/m1/s1. The summed E-state index contributed by atoms with van der Waals surface area (Å²) < 4.78 is 7.86. The number of hydrogen-bond acceptors (Lipinski definition) is 4. The fourth-order valence-electron chi connectivity index (χ4n) is 4.59. The van der Waals surface area contributed by atoms with Crippen molar-refractivity contribution in [3.63, 3.8) is 0 Å². The van der Waals surface area contributed by atoms with Crippen LogP contribution in [-0.2, 0) is 0 Å². The number of rotatable bonds is 7. The van der Waals surface area contributed by atoms with Crippen molar-refractivity contribution < 1.29 is 4.74 Å². The molecular formula is C25H30ClN5OS. The zero-order valence-electron chi connectivity index (χ0n) is 19.7. The van der Waals surface area contributed by atoms with Gasteiger partial charge in [0, 0.05) is 35.7 Å². The first-order valence-electron chi connectivity index (χ1n) is 11.0. The topological polar surface area (TPSA) is 45.6 Å². The van der Waals surface area contributed by atoms with Gasteiger partial charge in [-0.3, -0.25) is 4.98 Å². The van der Waals surface area contributed by atoms with Crippen molar-refractivity contribution in [3.05, 3.63) is 76.3 Å². The van der Waals surface area contributed by atoms with Crippen LogP contribution in [0.15, 0.2) is 48.7 Å². The monoisotopic (exact) mass is 483 g/mol. The van der Waals surface area contributed by atoms with E-state index in [9.17, 15) is 0 Å². The van der Waals surface area contributed by atoms with Crippen LogP contribution in [0.25, 0.3) is 5.69 Å². The lowest BCUT2D eigenvalue weighted by Crippen LogP contribution is -2.35. The number of nitrogens with one attached hydrogen (secondary N) is 1. The van der Waals surface area contributed by atoms with Crippen LogP contribution in [0.5, 0.6) is 5.75 Å². The van der Waals surface area contributed by atoms with Crippen molar-refractivity contribution in [3.8, 4) is 11.4 Å².